The van der Waals surface area contributed by atoms with E-state index in [-0.39, 0.29) is 0 Å². The second kappa shape index (κ2) is 7.86. The van der Waals surface area contributed by atoms with Gasteiger partial charge >= 0.3 is 0 Å². The molecule has 1 N–H and O–H groups in total. The maximum Gasteiger partial charge on any atom is 0.243 e. The van der Waals surface area contributed by atoms with Crippen LogP contribution < -0.4 is 5.32 Å². The lowest BCUT2D eigenvalue weighted by Gasteiger charge is -2.23. The van der Waals surface area contributed by atoms with Crippen molar-refractivity contribution in [1.29, 1.82) is 0 Å². The predicted molar refractivity (Wildman–Crippen MR) is 116 cm³/mol. The van der Waals surface area contributed by atoms with Gasteiger partial charge in [0.25, 0.3) is 0 Å². The van der Waals surface area contributed by atoms with Crippen molar-refractivity contribution in [3.8, 4) is 11.1 Å². The molecule has 0 spiro atoms. The number of rotatable bonds is 6. The van der Waals surface area contributed by atoms with Crippen molar-refractivity contribution in [1.82, 2.24) is 9.62 Å². The highest BCUT2D eigenvalue weighted by atomic mass is 32.2. The van der Waals surface area contributed by atoms with Crippen molar-refractivity contribution >= 4 is 10.0 Å². The van der Waals surface area contributed by atoms with Crippen molar-refractivity contribution in [2.75, 3.05) is 13.1 Å². The Hall–Kier alpha value is -1.69. The minimum Gasteiger partial charge on any atom is -0.310 e. The van der Waals surface area contributed by atoms with Crippen molar-refractivity contribution in [2.45, 2.75) is 56.0 Å². The van der Waals surface area contributed by atoms with E-state index in [1.807, 2.05) is 18.2 Å². The second-order valence-corrected chi connectivity index (χ2v) is 10.9. The van der Waals surface area contributed by atoms with Crippen molar-refractivity contribution in [2.24, 2.45) is 11.8 Å². The third-order valence-corrected chi connectivity index (χ3v) is 9.10. The Balaban J connectivity index is 1.32. The summed E-state index contributed by atoms with van der Waals surface area (Å²) in [6.07, 6.45) is 7.47. The third kappa shape index (κ3) is 3.76. The monoisotopic (exact) mass is 410 g/mol. The average molecular weight is 411 g/mol. The van der Waals surface area contributed by atoms with Gasteiger partial charge in [-0.1, -0.05) is 48.9 Å². The molecule has 2 aromatic carbocycles. The molecule has 3 aliphatic rings. The summed E-state index contributed by atoms with van der Waals surface area (Å²) < 4.78 is 27.9. The summed E-state index contributed by atoms with van der Waals surface area (Å²) in [6.45, 7) is 2.15. The molecule has 4 nitrogen and oxygen atoms in total. The fraction of sp³-hybridized carbons (Fsp3) is 0.500. The van der Waals surface area contributed by atoms with Crippen molar-refractivity contribution in [3.05, 3.63) is 54.1 Å². The lowest BCUT2D eigenvalue weighted by atomic mass is 9.95. The van der Waals surface area contributed by atoms with Crippen LogP contribution in [0, 0.1) is 11.8 Å². The zero-order valence-corrected chi connectivity index (χ0v) is 17.7. The molecule has 29 heavy (non-hydrogen) atoms. The van der Waals surface area contributed by atoms with E-state index in [0.717, 1.165) is 42.3 Å². The highest BCUT2D eigenvalue weighted by Crippen LogP contribution is 2.44. The Kier molecular flexibility index (Phi) is 5.23. The lowest BCUT2D eigenvalue weighted by molar-refractivity contribution is 0.351. The zero-order valence-electron chi connectivity index (χ0n) is 16.9. The maximum atomic E-state index is 13.1. The Bertz CT molecular complexity index is 965. The molecule has 0 amide bonds. The maximum absolute atomic E-state index is 13.1. The Morgan fingerprint density at radius 3 is 2.38 bits per heavy atom. The van der Waals surface area contributed by atoms with Crippen LogP contribution in [0.15, 0.2) is 53.4 Å². The lowest BCUT2D eigenvalue weighted by Crippen LogP contribution is -2.33. The number of hydrogen-bond acceptors (Lipinski definition) is 3. The Morgan fingerprint density at radius 1 is 0.931 bits per heavy atom. The van der Waals surface area contributed by atoms with Crippen LogP contribution in [-0.2, 0) is 16.6 Å². The highest BCUT2D eigenvalue weighted by molar-refractivity contribution is 7.89. The van der Waals surface area contributed by atoms with Gasteiger partial charge in [-0.15, -0.1) is 0 Å². The summed E-state index contributed by atoms with van der Waals surface area (Å²) in [5.41, 5.74) is 3.02. The molecule has 0 radical (unpaired) electrons. The number of hydrogen-bond donors (Lipinski definition) is 1. The number of sulfonamides is 1. The van der Waals surface area contributed by atoms with Gasteiger partial charge in [-0.2, -0.15) is 4.31 Å². The molecular weight excluding hydrogens is 380 g/mol. The number of fused-ring (bicyclic) bond motifs is 2. The fourth-order valence-corrected chi connectivity index (χ4v) is 7.27. The predicted octanol–water partition coefficient (Wildman–Crippen LogP) is 4.42. The topological polar surface area (TPSA) is 49.4 Å². The molecule has 154 valence electrons. The minimum atomic E-state index is -3.43. The minimum absolute atomic E-state index is 0.426. The van der Waals surface area contributed by atoms with Gasteiger partial charge in [0.15, 0.2) is 0 Å². The van der Waals surface area contributed by atoms with Gasteiger partial charge in [0.2, 0.25) is 10.0 Å². The summed E-state index contributed by atoms with van der Waals surface area (Å²) in [7, 11) is -3.43. The molecule has 5 rings (SSSR count). The molecule has 2 bridgehead atoms. The normalized spacial score (nSPS) is 27.0. The van der Waals surface area contributed by atoms with E-state index >= 15 is 0 Å². The van der Waals surface area contributed by atoms with Gasteiger partial charge in [-0.05, 0) is 61.1 Å². The van der Waals surface area contributed by atoms with E-state index in [1.165, 1.54) is 31.2 Å². The first-order valence-electron chi connectivity index (χ1n) is 11.0. The van der Waals surface area contributed by atoms with Gasteiger partial charge < -0.3 is 5.32 Å². The smallest absolute Gasteiger partial charge is 0.243 e. The summed E-state index contributed by atoms with van der Waals surface area (Å²) in [4.78, 5) is 0.426. The van der Waals surface area contributed by atoms with Gasteiger partial charge in [0.05, 0.1) is 4.90 Å². The second-order valence-electron chi connectivity index (χ2n) is 8.97. The van der Waals surface area contributed by atoms with E-state index in [4.69, 9.17) is 0 Å². The van der Waals surface area contributed by atoms with Gasteiger partial charge in [0.1, 0.15) is 0 Å². The quantitative estimate of drug-likeness (QED) is 0.767. The van der Waals surface area contributed by atoms with Gasteiger partial charge in [-0.3, -0.25) is 0 Å². The summed E-state index contributed by atoms with van der Waals surface area (Å²) in [6, 6.07) is 16.5. The van der Waals surface area contributed by atoms with E-state index in [9.17, 15) is 8.42 Å². The molecule has 3 fully saturated rings. The largest absolute Gasteiger partial charge is 0.310 e. The zero-order chi connectivity index (χ0) is 19.8. The first-order valence-corrected chi connectivity index (χ1v) is 12.5. The summed E-state index contributed by atoms with van der Waals surface area (Å²) in [5.74, 6) is 1.83. The van der Waals surface area contributed by atoms with Gasteiger partial charge in [-0.25, -0.2) is 8.42 Å². The Labute approximate surface area is 174 Å². The van der Waals surface area contributed by atoms with Crippen LogP contribution in [0.5, 0.6) is 0 Å². The molecule has 2 aliphatic carbocycles. The van der Waals surface area contributed by atoms with Crippen LogP contribution in [0.25, 0.3) is 11.1 Å². The number of nitrogens with zero attached hydrogens (tertiary/aromatic N) is 1. The van der Waals surface area contributed by atoms with Crippen LogP contribution >= 0.6 is 0 Å². The number of nitrogens with one attached hydrogen (secondary N) is 1. The molecule has 2 aromatic rings. The van der Waals surface area contributed by atoms with E-state index in [2.05, 4.69) is 29.6 Å². The van der Waals surface area contributed by atoms with E-state index in [0.29, 0.717) is 24.0 Å². The fourth-order valence-electron chi connectivity index (χ4n) is 5.54. The van der Waals surface area contributed by atoms with Crippen LogP contribution in [-0.4, -0.2) is 31.9 Å². The molecule has 1 heterocycles. The standard InChI is InChI=1S/C24H30N2O2S/c27-29(28,26-13-3-4-14-26)24-6-2-1-5-22(24)20-10-7-18(8-11-20)17-25-23-16-19-9-12-21(23)15-19/h1-2,5-8,10-11,19,21,23,25H,3-4,9,12-17H2/t19-,21-,23?/m1/s1. The van der Waals surface area contributed by atoms with Crippen LogP contribution in [0.1, 0.15) is 44.1 Å². The molecule has 5 heteroatoms. The Morgan fingerprint density at radius 2 is 1.69 bits per heavy atom. The van der Waals surface area contributed by atoms with Crippen LogP contribution in [0.4, 0.5) is 0 Å². The van der Waals surface area contributed by atoms with Crippen LogP contribution in [0.3, 0.4) is 0 Å². The van der Waals surface area contributed by atoms with Gasteiger partial charge in [0, 0.05) is 31.2 Å². The molecule has 1 saturated heterocycles. The molecule has 1 unspecified atom stereocenters. The molecular formula is C24H30N2O2S. The SMILES string of the molecule is O=S(=O)(c1ccccc1-c1ccc(CNC2C[C@@H]3CC[C@@H]2C3)cc1)N1CCCC1. The highest BCUT2D eigenvalue weighted by Gasteiger charge is 2.39. The molecule has 2 saturated carbocycles. The molecule has 1 aliphatic heterocycles. The first-order chi connectivity index (χ1) is 14.1. The first kappa shape index (κ1) is 19.3. The van der Waals surface area contributed by atoms with Crippen molar-refractivity contribution in [3.63, 3.8) is 0 Å². The van der Waals surface area contributed by atoms with E-state index < -0.39 is 10.0 Å². The number of benzene rings is 2. The third-order valence-electron chi connectivity index (χ3n) is 7.14. The molecule has 3 atom stereocenters. The van der Waals surface area contributed by atoms with Crippen LogP contribution in [0.2, 0.25) is 0 Å². The van der Waals surface area contributed by atoms with E-state index in [1.54, 1.807) is 10.4 Å². The molecule has 0 aromatic heterocycles. The summed E-state index contributed by atoms with van der Waals surface area (Å²) in [5, 5.41) is 3.76. The average Bonchev–Trinajstić information content (AvgIpc) is 3.51. The summed E-state index contributed by atoms with van der Waals surface area (Å²) >= 11 is 0. The van der Waals surface area contributed by atoms with Crippen molar-refractivity contribution < 1.29 is 8.42 Å².